The molecule has 2 aliphatic heterocycles. The number of likely N-dealkylation sites (tertiary alicyclic amines) is 1. The van der Waals surface area contributed by atoms with E-state index < -0.39 is 5.41 Å². The van der Waals surface area contributed by atoms with Gasteiger partial charge in [0.15, 0.2) is 0 Å². The Morgan fingerprint density at radius 3 is 3.27 bits per heavy atom. The molecule has 0 aliphatic carbocycles. The summed E-state index contributed by atoms with van der Waals surface area (Å²) in [5, 5.41) is 6.18. The average molecular weight is 325 g/mol. The summed E-state index contributed by atoms with van der Waals surface area (Å²) >= 11 is 1.69. The minimum absolute atomic E-state index is 0.102. The normalized spacial score (nSPS) is 28.0. The highest BCUT2D eigenvalue weighted by molar-refractivity contribution is 7.09. The van der Waals surface area contributed by atoms with Gasteiger partial charge in [0.25, 0.3) is 0 Å². The van der Waals surface area contributed by atoms with Crippen LogP contribution in [0, 0.1) is 18.3 Å². The van der Waals surface area contributed by atoms with Crippen LogP contribution in [-0.2, 0) is 20.8 Å². The predicted octanol–water partition coefficient (Wildman–Crippen LogP) is 0.663. The molecule has 2 atom stereocenters. The number of nitrogens with zero attached hydrogens (tertiary/aromatic N) is 2. The summed E-state index contributed by atoms with van der Waals surface area (Å²) in [7, 11) is 1.64. The lowest BCUT2D eigenvalue weighted by Crippen LogP contribution is -2.47. The van der Waals surface area contributed by atoms with Gasteiger partial charge in [-0.2, -0.15) is 0 Å². The average Bonchev–Trinajstić information content (AvgIpc) is 3.14. The molecule has 0 bridgehead atoms. The van der Waals surface area contributed by atoms with Gasteiger partial charge < -0.3 is 14.8 Å². The van der Waals surface area contributed by atoms with Crippen LogP contribution in [0.5, 0.6) is 0 Å². The largest absolute Gasteiger partial charge is 0.383 e. The molecule has 6 nitrogen and oxygen atoms in total. The maximum Gasteiger partial charge on any atom is 0.230 e. The second-order valence-electron chi connectivity index (χ2n) is 6.17. The summed E-state index contributed by atoms with van der Waals surface area (Å²) in [6, 6.07) is 0. The smallest absolute Gasteiger partial charge is 0.230 e. The predicted molar refractivity (Wildman–Crippen MR) is 83.8 cm³/mol. The Kier molecular flexibility index (Phi) is 4.77. The Morgan fingerprint density at radius 1 is 1.68 bits per heavy atom. The van der Waals surface area contributed by atoms with Gasteiger partial charge in [-0.15, -0.1) is 11.3 Å². The maximum atomic E-state index is 12.6. The molecule has 1 aromatic heterocycles. The first-order valence-electron chi connectivity index (χ1n) is 7.62. The Hall–Kier alpha value is -1.02. The van der Waals surface area contributed by atoms with E-state index in [9.17, 15) is 4.79 Å². The summed E-state index contributed by atoms with van der Waals surface area (Å²) in [4.78, 5) is 19.5. The molecule has 1 amide bonds. The van der Waals surface area contributed by atoms with Crippen molar-refractivity contribution < 1.29 is 14.3 Å². The summed E-state index contributed by atoms with van der Waals surface area (Å²) in [5.41, 5.74) is 0.662. The number of carbonyl (C=O) groups excluding carboxylic acids is 1. The summed E-state index contributed by atoms with van der Waals surface area (Å²) in [5.74, 6) is 0.376. The van der Waals surface area contributed by atoms with Gasteiger partial charge in [0.1, 0.15) is 5.01 Å². The van der Waals surface area contributed by atoms with E-state index in [2.05, 4.69) is 20.6 Å². The van der Waals surface area contributed by atoms with E-state index in [-0.39, 0.29) is 11.8 Å². The zero-order chi connectivity index (χ0) is 15.6. The van der Waals surface area contributed by atoms with Gasteiger partial charge in [-0.25, -0.2) is 4.98 Å². The number of methoxy groups -OCH3 is 1. The number of aromatic nitrogens is 1. The summed E-state index contributed by atoms with van der Waals surface area (Å²) in [6.07, 6.45) is 0. The third-order valence-corrected chi connectivity index (χ3v) is 5.47. The summed E-state index contributed by atoms with van der Waals surface area (Å²) < 4.78 is 10.6. The van der Waals surface area contributed by atoms with Crippen molar-refractivity contribution in [2.75, 3.05) is 46.6 Å². The summed E-state index contributed by atoms with van der Waals surface area (Å²) in [6.45, 7) is 6.75. The minimum Gasteiger partial charge on any atom is -0.383 e. The molecule has 2 saturated heterocycles. The van der Waals surface area contributed by atoms with Gasteiger partial charge in [-0.1, -0.05) is 0 Å². The van der Waals surface area contributed by atoms with Crippen molar-refractivity contribution in [3.8, 4) is 0 Å². The van der Waals surface area contributed by atoms with Crippen molar-refractivity contribution in [3.63, 3.8) is 0 Å². The fourth-order valence-electron chi connectivity index (χ4n) is 3.39. The highest BCUT2D eigenvalue weighted by Crippen LogP contribution is 2.42. The van der Waals surface area contributed by atoms with Gasteiger partial charge in [0, 0.05) is 43.7 Å². The van der Waals surface area contributed by atoms with Crippen molar-refractivity contribution in [1.82, 2.24) is 15.2 Å². The zero-order valence-corrected chi connectivity index (χ0v) is 13.9. The molecular formula is C15H23N3O3S. The quantitative estimate of drug-likeness (QED) is 0.779. The van der Waals surface area contributed by atoms with Crippen molar-refractivity contribution >= 4 is 17.2 Å². The number of hydrogen-bond acceptors (Lipinski definition) is 6. The molecule has 1 N–H and O–H groups in total. The first kappa shape index (κ1) is 15.9. The van der Waals surface area contributed by atoms with Crippen LogP contribution in [0.25, 0.3) is 0 Å². The number of thiazole rings is 1. The van der Waals surface area contributed by atoms with E-state index in [1.165, 1.54) is 0 Å². The van der Waals surface area contributed by atoms with Crippen LogP contribution in [0.2, 0.25) is 0 Å². The number of ether oxygens (including phenoxy) is 2. The lowest BCUT2D eigenvalue weighted by molar-refractivity contribution is -0.131. The lowest BCUT2D eigenvalue weighted by atomic mass is 9.80. The van der Waals surface area contributed by atoms with Crippen LogP contribution in [0.3, 0.4) is 0 Å². The van der Waals surface area contributed by atoms with Crippen LogP contribution in [0.4, 0.5) is 0 Å². The van der Waals surface area contributed by atoms with Gasteiger partial charge in [0.2, 0.25) is 5.91 Å². The number of hydrogen-bond donors (Lipinski definition) is 1. The Bertz CT molecular complexity index is 536. The van der Waals surface area contributed by atoms with E-state index in [0.717, 1.165) is 30.3 Å². The third kappa shape index (κ3) is 3.03. The molecule has 22 heavy (non-hydrogen) atoms. The topological polar surface area (TPSA) is 63.7 Å². The van der Waals surface area contributed by atoms with Gasteiger partial charge in [-0.3, -0.25) is 9.69 Å². The monoisotopic (exact) mass is 325 g/mol. The fraction of sp³-hybridized carbons (Fsp3) is 0.733. The van der Waals surface area contributed by atoms with Crippen LogP contribution < -0.4 is 5.32 Å². The van der Waals surface area contributed by atoms with E-state index >= 15 is 0 Å². The van der Waals surface area contributed by atoms with E-state index in [1.54, 1.807) is 18.4 Å². The molecular weight excluding hydrogens is 302 g/mol. The van der Waals surface area contributed by atoms with Crippen LogP contribution >= 0.6 is 11.3 Å². The molecule has 2 aliphatic rings. The van der Waals surface area contributed by atoms with Gasteiger partial charge in [0.05, 0.1) is 31.8 Å². The molecule has 0 saturated carbocycles. The minimum atomic E-state index is -0.403. The number of fused-ring (bicyclic) bond motifs is 1. The Morgan fingerprint density at radius 2 is 2.55 bits per heavy atom. The highest BCUT2D eigenvalue weighted by Gasteiger charge is 2.55. The second-order valence-corrected chi connectivity index (χ2v) is 7.11. The van der Waals surface area contributed by atoms with Crippen molar-refractivity contribution in [2.24, 2.45) is 11.3 Å². The number of nitrogens with one attached hydrogen (secondary N) is 1. The molecule has 0 unspecified atom stereocenters. The molecule has 3 heterocycles. The fourth-order valence-corrected chi connectivity index (χ4v) is 4.20. The highest BCUT2D eigenvalue weighted by atomic mass is 32.1. The number of aryl methyl sites for hydroxylation is 1. The van der Waals surface area contributed by atoms with E-state index in [1.807, 2.05) is 6.92 Å². The van der Waals surface area contributed by atoms with Crippen molar-refractivity contribution in [2.45, 2.75) is 13.5 Å². The molecule has 122 valence electrons. The number of amides is 1. The van der Waals surface area contributed by atoms with Gasteiger partial charge in [-0.05, 0) is 6.92 Å². The third-order valence-electron chi connectivity index (χ3n) is 4.51. The molecule has 2 fully saturated rings. The maximum absolute atomic E-state index is 12.6. The molecule has 3 rings (SSSR count). The van der Waals surface area contributed by atoms with Crippen LogP contribution in [0.15, 0.2) is 5.38 Å². The molecule has 0 aromatic carbocycles. The molecule has 0 radical (unpaired) electrons. The Balaban J connectivity index is 1.64. The molecule has 0 spiro atoms. The zero-order valence-electron chi connectivity index (χ0n) is 13.1. The Labute approximate surface area is 134 Å². The van der Waals surface area contributed by atoms with Crippen LogP contribution in [0.1, 0.15) is 10.7 Å². The number of rotatable bonds is 6. The SMILES string of the molecule is COCCNC(=O)[C@]12COC[C@H]1CN(Cc1nc(C)cs1)C2. The van der Waals surface area contributed by atoms with Crippen molar-refractivity contribution in [1.29, 1.82) is 0 Å². The van der Waals surface area contributed by atoms with Gasteiger partial charge >= 0.3 is 0 Å². The first-order valence-corrected chi connectivity index (χ1v) is 8.50. The number of carbonyl (C=O) groups is 1. The van der Waals surface area contributed by atoms with Crippen LogP contribution in [-0.4, -0.2) is 62.4 Å². The standard InChI is InChI=1S/C15H23N3O3S/c1-11-8-22-13(17-11)6-18-5-12-7-21-10-15(12,9-18)14(19)16-3-4-20-2/h8,12H,3-7,9-10H2,1-2H3,(H,16,19)/t12-,15-/m1/s1. The molecule has 7 heteroatoms. The van der Waals surface area contributed by atoms with E-state index in [0.29, 0.717) is 26.4 Å². The first-order chi connectivity index (χ1) is 10.6. The second kappa shape index (κ2) is 6.62. The van der Waals surface area contributed by atoms with Crippen molar-refractivity contribution in [3.05, 3.63) is 16.1 Å². The van der Waals surface area contributed by atoms with E-state index in [4.69, 9.17) is 9.47 Å². The molecule has 1 aromatic rings. The lowest BCUT2D eigenvalue weighted by Gasteiger charge is -2.25.